The van der Waals surface area contributed by atoms with E-state index in [1.807, 2.05) is 24.3 Å². The summed E-state index contributed by atoms with van der Waals surface area (Å²) in [4.78, 5) is 20.3. The van der Waals surface area contributed by atoms with Crippen LogP contribution in [0.25, 0.3) is 0 Å². The minimum absolute atomic E-state index is 0.123. The Labute approximate surface area is 144 Å². The minimum atomic E-state index is -0.293. The van der Waals surface area contributed by atoms with Gasteiger partial charge in [-0.15, -0.1) is 0 Å². The van der Waals surface area contributed by atoms with Crippen molar-refractivity contribution in [2.45, 2.75) is 18.9 Å². The van der Waals surface area contributed by atoms with Crippen molar-refractivity contribution in [1.29, 1.82) is 0 Å². The Bertz CT molecular complexity index is 761. The van der Waals surface area contributed by atoms with Gasteiger partial charge in [-0.25, -0.2) is 4.99 Å². The van der Waals surface area contributed by atoms with Crippen molar-refractivity contribution in [3.63, 3.8) is 0 Å². The van der Waals surface area contributed by atoms with Crippen LogP contribution in [0.5, 0.6) is 0 Å². The molecule has 124 valence electrons. The maximum Gasteiger partial charge on any atom is 0.282 e. The predicted molar refractivity (Wildman–Crippen MR) is 93.3 cm³/mol. The van der Waals surface area contributed by atoms with E-state index in [4.69, 9.17) is 22.1 Å². The van der Waals surface area contributed by atoms with E-state index in [1.165, 1.54) is 12.3 Å². The molecule has 1 aromatic heterocycles. The summed E-state index contributed by atoms with van der Waals surface area (Å²) in [5, 5.41) is 3.27. The summed E-state index contributed by atoms with van der Waals surface area (Å²) in [6, 6.07) is 11.2. The van der Waals surface area contributed by atoms with Gasteiger partial charge in [-0.05, 0) is 42.7 Å². The van der Waals surface area contributed by atoms with Crippen molar-refractivity contribution in [2.24, 2.45) is 10.7 Å². The van der Waals surface area contributed by atoms with E-state index >= 15 is 0 Å². The highest BCUT2D eigenvalue weighted by molar-refractivity contribution is 6.30. The molecule has 1 amide bonds. The molecule has 0 saturated carbocycles. The van der Waals surface area contributed by atoms with Crippen molar-refractivity contribution >= 4 is 29.2 Å². The first-order valence-electron chi connectivity index (χ1n) is 7.58. The van der Waals surface area contributed by atoms with Crippen LogP contribution in [0.4, 0.5) is 5.69 Å². The van der Waals surface area contributed by atoms with E-state index in [2.05, 4.69) is 15.3 Å². The van der Waals surface area contributed by atoms with Crippen LogP contribution >= 0.6 is 11.6 Å². The molecular weight excluding hydrogens is 328 g/mol. The molecule has 0 fully saturated rings. The quantitative estimate of drug-likeness (QED) is 0.872. The van der Waals surface area contributed by atoms with E-state index < -0.39 is 0 Å². The number of ether oxygens (including phenoxy) is 1. The number of hydrogen-bond donors (Lipinski definition) is 2. The van der Waals surface area contributed by atoms with Gasteiger partial charge in [0.15, 0.2) is 0 Å². The van der Waals surface area contributed by atoms with E-state index in [-0.39, 0.29) is 23.7 Å². The number of nitrogens with one attached hydrogen (secondary N) is 1. The molecule has 3 N–H and O–H groups in total. The summed E-state index contributed by atoms with van der Waals surface area (Å²) in [6.45, 7) is 0.548. The van der Waals surface area contributed by atoms with Crippen molar-refractivity contribution in [1.82, 2.24) is 4.98 Å². The number of rotatable bonds is 5. The molecule has 3 rings (SSSR count). The lowest BCUT2D eigenvalue weighted by molar-refractivity contribution is 0.102. The molecule has 0 spiro atoms. The number of aliphatic imine (C=N–C) groups is 1. The zero-order chi connectivity index (χ0) is 16.9. The SMILES string of the molecule is NC1=N[C@@H](CCc2ccc(NC(=O)c3cc(Cl)ccn3)cc2)CO1. The molecule has 1 aromatic carbocycles. The smallest absolute Gasteiger partial charge is 0.282 e. The first-order valence-corrected chi connectivity index (χ1v) is 7.96. The van der Waals surface area contributed by atoms with E-state index in [0.717, 1.165) is 18.4 Å². The highest BCUT2D eigenvalue weighted by atomic mass is 35.5. The number of carbonyl (C=O) groups excluding carboxylic acids is 1. The predicted octanol–water partition coefficient (Wildman–Crippen LogP) is 2.63. The summed E-state index contributed by atoms with van der Waals surface area (Å²) in [5.74, 6) is -0.293. The van der Waals surface area contributed by atoms with Crippen LogP contribution in [0.1, 0.15) is 22.5 Å². The molecule has 0 saturated heterocycles. The maximum absolute atomic E-state index is 12.1. The van der Waals surface area contributed by atoms with Crippen LogP contribution < -0.4 is 11.1 Å². The first-order chi connectivity index (χ1) is 11.6. The topological polar surface area (TPSA) is 89.6 Å². The second kappa shape index (κ2) is 7.31. The van der Waals surface area contributed by atoms with Gasteiger partial charge in [0, 0.05) is 16.9 Å². The van der Waals surface area contributed by atoms with Crippen LogP contribution in [0, 0.1) is 0 Å². The summed E-state index contributed by atoms with van der Waals surface area (Å²) >= 11 is 5.86. The highest BCUT2D eigenvalue weighted by Crippen LogP contribution is 2.16. The monoisotopic (exact) mass is 344 g/mol. The molecule has 6 nitrogen and oxygen atoms in total. The molecule has 2 aromatic rings. The largest absolute Gasteiger partial charge is 0.463 e. The van der Waals surface area contributed by atoms with Gasteiger partial charge >= 0.3 is 0 Å². The normalized spacial score (nSPS) is 16.4. The molecule has 24 heavy (non-hydrogen) atoms. The molecule has 1 atom stereocenters. The molecule has 1 aliphatic heterocycles. The third-order valence-corrected chi connectivity index (χ3v) is 3.90. The van der Waals surface area contributed by atoms with Gasteiger partial charge < -0.3 is 15.8 Å². The van der Waals surface area contributed by atoms with Gasteiger partial charge in [0.05, 0.1) is 6.04 Å². The molecule has 2 heterocycles. The molecule has 0 bridgehead atoms. The molecule has 7 heteroatoms. The van der Waals surface area contributed by atoms with E-state index in [9.17, 15) is 4.79 Å². The van der Waals surface area contributed by atoms with Crippen LogP contribution in [0.15, 0.2) is 47.6 Å². The van der Waals surface area contributed by atoms with Crippen LogP contribution in [-0.2, 0) is 11.2 Å². The number of amides is 1. The van der Waals surface area contributed by atoms with Gasteiger partial charge in [-0.1, -0.05) is 23.7 Å². The number of aryl methyl sites for hydroxylation is 1. The lowest BCUT2D eigenvalue weighted by Gasteiger charge is -2.08. The number of pyridine rings is 1. The Balaban J connectivity index is 1.55. The van der Waals surface area contributed by atoms with Crippen molar-refractivity contribution in [3.8, 4) is 0 Å². The molecule has 0 unspecified atom stereocenters. The third kappa shape index (κ3) is 4.23. The fourth-order valence-electron chi connectivity index (χ4n) is 2.40. The number of nitrogens with two attached hydrogens (primary N) is 1. The van der Waals surface area contributed by atoms with Crippen molar-refractivity contribution < 1.29 is 9.53 Å². The number of carbonyl (C=O) groups is 1. The number of aromatic nitrogens is 1. The third-order valence-electron chi connectivity index (χ3n) is 3.67. The Morgan fingerprint density at radius 1 is 1.33 bits per heavy atom. The average molecular weight is 345 g/mol. The van der Waals surface area contributed by atoms with Gasteiger partial charge in [-0.3, -0.25) is 9.78 Å². The summed E-state index contributed by atoms with van der Waals surface area (Å²) < 4.78 is 5.13. The van der Waals surface area contributed by atoms with Crippen molar-refractivity contribution in [3.05, 3.63) is 58.9 Å². The second-order valence-electron chi connectivity index (χ2n) is 5.48. The van der Waals surface area contributed by atoms with Crippen LogP contribution in [0.3, 0.4) is 0 Å². The summed E-state index contributed by atoms with van der Waals surface area (Å²) in [7, 11) is 0. The fourth-order valence-corrected chi connectivity index (χ4v) is 2.56. The Kier molecular flexibility index (Phi) is 4.96. The first kappa shape index (κ1) is 16.3. The van der Waals surface area contributed by atoms with Gasteiger partial charge in [0.25, 0.3) is 11.9 Å². The fraction of sp³-hybridized carbons (Fsp3) is 0.235. The van der Waals surface area contributed by atoms with Gasteiger partial charge in [-0.2, -0.15) is 0 Å². The number of hydrogen-bond acceptors (Lipinski definition) is 5. The highest BCUT2D eigenvalue weighted by Gasteiger charge is 2.16. The van der Waals surface area contributed by atoms with Crippen LogP contribution in [-0.4, -0.2) is 29.6 Å². The molecular formula is C17H17ClN4O2. The number of halogens is 1. The van der Waals surface area contributed by atoms with Gasteiger partial charge in [0.1, 0.15) is 12.3 Å². The second-order valence-corrected chi connectivity index (χ2v) is 5.92. The number of anilines is 1. The standard InChI is InChI=1S/C17H17ClN4O2/c18-12-7-8-20-15(9-12)16(23)21-13-4-1-11(2-5-13)3-6-14-10-24-17(19)22-14/h1-2,4-5,7-9,14H,3,6,10H2,(H2,19,22)(H,21,23)/t14-/m0/s1. The Hall–Kier alpha value is -2.60. The molecule has 0 aliphatic carbocycles. The lowest BCUT2D eigenvalue weighted by atomic mass is 10.1. The van der Waals surface area contributed by atoms with E-state index in [0.29, 0.717) is 17.3 Å². The lowest BCUT2D eigenvalue weighted by Crippen LogP contribution is -2.13. The number of nitrogens with zero attached hydrogens (tertiary/aromatic N) is 2. The summed E-state index contributed by atoms with van der Waals surface area (Å²) in [6.07, 6.45) is 3.25. The number of benzene rings is 1. The minimum Gasteiger partial charge on any atom is -0.463 e. The Morgan fingerprint density at radius 2 is 2.12 bits per heavy atom. The summed E-state index contributed by atoms with van der Waals surface area (Å²) in [5.41, 5.74) is 7.64. The van der Waals surface area contributed by atoms with Crippen molar-refractivity contribution in [2.75, 3.05) is 11.9 Å². The molecule has 1 aliphatic rings. The van der Waals surface area contributed by atoms with Crippen LogP contribution in [0.2, 0.25) is 5.02 Å². The zero-order valence-corrected chi connectivity index (χ0v) is 13.7. The van der Waals surface area contributed by atoms with Gasteiger partial charge in [0.2, 0.25) is 0 Å². The number of amidine groups is 1. The van der Waals surface area contributed by atoms with E-state index in [1.54, 1.807) is 6.07 Å². The molecule has 0 radical (unpaired) electrons. The maximum atomic E-state index is 12.1. The zero-order valence-electron chi connectivity index (χ0n) is 12.9. The average Bonchev–Trinajstić information content (AvgIpc) is 3.00. The Morgan fingerprint density at radius 3 is 2.79 bits per heavy atom.